The molecule has 3 nitrogen and oxygen atoms in total. The molecule has 8 rings (SSSR count). The number of benzene rings is 6. The first-order valence-electron chi connectivity index (χ1n) is 19.2. The molecule has 7 aromatic rings. The van der Waals surface area contributed by atoms with Crippen LogP contribution in [0.2, 0.25) is 0 Å². The molecule has 0 radical (unpaired) electrons. The van der Waals surface area contributed by atoms with Gasteiger partial charge in [0.15, 0.2) is 0 Å². The van der Waals surface area contributed by atoms with Crippen LogP contribution in [-0.4, -0.2) is 15.8 Å². The van der Waals surface area contributed by atoms with Crippen LogP contribution < -0.4 is 0 Å². The first kappa shape index (κ1) is 37.9. The van der Waals surface area contributed by atoms with Crippen molar-refractivity contribution in [3.63, 3.8) is 0 Å². The Morgan fingerprint density at radius 2 is 1.33 bits per heavy atom. The summed E-state index contributed by atoms with van der Waals surface area (Å²) < 4.78 is 0. The molecule has 1 unspecified atom stereocenters. The van der Waals surface area contributed by atoms with Gasteiger partial charge in [0.2, 0.25) is 0 Å². The number of rotatable bonds is 5. The predicted octanol–water partition coefficient (Wildman–Crippen LogP) is 13.5. The summed E-state index contributed by atoms with van der Waals surface area (Å²) in [6.07, 6.45) is 1.11. The zero-order valence-corrected chi connectivity index (χ0v) is 35.1. The van der Waals surface area contributed by atoms with Crippen molar-refractivity contribution in [1.82, 2.24) is 4.98 Å². The molecule has 1 aromatic heterocycles. The van der Waals surface area contributed by atoms with Crippen molar-refractivity contribution in [3.8, 4) is 22.3 Å². The minimum atomic E-state index is -0.888. The average molecular weight is 889 g/mol. The maximum Gasteiger partial charge on any atom is 0.121 e. The molecular weight excluding hydrogens is 840 g/mol. The molecule has 6 aromatic carbocycles. The van der Waals surface area contributed by atoms with Crippen LogP contribution in [0.3, 0.4) is 0 Å². The molecule has 0 saturated heterocycles. The Morgan fingerprint density at radius 1 is 0.667 bits per heavy atom. The second kappa shape index (κ2) is 14.3. The summed E-state index contributed by atoms with van der Waals surface area (Å²) in [6, 6.07) is 38.6. The number of aliphatic hydroxyl groups excluding tert-OH is 1. The van der Waals surface area contributed by atoms with Gasteiger partial charge in [0, 0.05) is 44.0 Å². The second-order valence-corrected chi connectivity index (χ2v) is 16.9. The van der Waals surface area contributed by atoms with Crippen LogP contribution in [0.5, 0.6) is 0 Å². The number of aromatic nitrogens is 1. The summed E-state index contributed by atoms with van der Waals surface area (Å²) in [6.45, 7) is 20.4. The van der Waals surface area contributed by atoms with E-state index in [1.165, 1.54) is 33.4 Å². The van der Waals surface area contributed by atoms with E-state index in [4.69, 9.17) is 9.98 Å². The van der Waals surface area contributed by atoms with Gasteiger partial charge in [0.05, 0.1) is 5.71 Å². The molecular formula is C50H49N2OPt-. The van der Waals surface area contributed by atoms with E-state index in [0.717, 1.165) is 60.4 Å². The Labute approximate surface area is 334 Å². The van der Waals surface area contributed by atoms with E-state index in [1.54, 1.807) is 0 Å². The zero-order chi connectivity index (χ0) is 37.3. The molecule has 1 aliphatic carbocycles. The third kappa shape index (κ3) is 6.54. The summed E-state index contributed by atoms with van der Waals surface area (Å²) in [7, 11) is 0. The third-order valence-corrected chi connectivity index (χ3v) is 11.1. The predicted molar refractivity (Wildman–Crippen MR) is 225 cm³/mol. The molecule has 0 spiro atoms. The van der Waals surface area contributed by atoms with E-state index in [-0.39, 0.29) is 26.5 Å². The molecule has 1 aliphatic rings. The summed E-state index contributed by atoms with van der Waals surface area (Å²) in [5.74, 6) is 1.20. The van der Waals surface area contributed by atoms with Gasteiger partial charge in [-0.2, -0.15) is 0 Å². The zero-order valence-electron chi connectivity index (χ0n) is 32.8. The van der Waals surface area contributed by atoms with Crippen molar-refractivity contribution in [2.45, 2.75) is 91.6 Å². The Balaban J connectivity index is 0.00000450. The molecule has 1 atom stereocenters. The van der Waals surface area contributed by atoms with Crippen LogP contribution in [0, 0.1) is 6.07 Å². The molecule has 0 amide bonds. The van der Waals surface area contributed by atoms with Crippen molar-refractivity contribution < 1.29 is 26.2 Å². The van der Waals surface area contributed by atoms with Crippen molar-refractivity contribution in [3.05, 3.63) is 143 Å². The van der Waals surface area contributed by atoms with Crippen molar-refractivity contribution in [2.75, 3.05) is 0 Å². The first-order valence-corrected chi connectivity index (χ1v) is 19.2. The van der Waals surface area contributed by atoms with Gasteiger partial charge < -0.3 is 5.11 Å². The Kier molecular flexibility index (Phi) is 10.0. The molecule has 0 bridgehead atoms. The number of aliphatic imine (C=N–C) groups is 1. The van der Waals surface area contributed by atoms with Gasteiger partial charge in [-0.15, -0.1) is 12.1 Å². The van der Waals surface area contributed by atoms with Crippen LogP contribution in [0.4, 0.5) is 5.69 Å². The fourth-order valence-electron chi connectivity index (χ4n) is 8.04. The molecule has 0 fully saturated rings. The number of hydrogen-bond donors (Lipinski definition) is 1. The minimum absolute atomic E-state index is 0. The number of fused-ring (bicyclic) bond motifs is 7. The van der Waals surface area contributed by atoms with Crippen LogP contribution >= 0.6 is 0 Å². The van der Waals surface area contributed by atoms with Crippen molar-refractivity contribution in [1.29, 1.82) is 0 Å². The summed E-state index contributed by atoms with van der Waals surface area (Å²) in [5, 5.41) is 17.4. The average Bonchev–Trinajstić information content (AvgIpc) is 3.14. The topological polar surface area (TPSA) is 45.5 Å². The van der Waals surface area contributed by atoms with E-state index in [0.29, 0.717) is 23.5 Å². The second-order valence-electron chi connectivity index (χ2n) is 16.9. The molecule has 276 valence electrons. The Bertz CT molecular complexity index is 2580. The molecule has 4 heteroatoms. The monoisotopic (exact) mass is 888 g/mol. The van der Waals surface area contributed by atoms with Crippen LogP contribution in [-0.2, 0) is 26.5 Å². The number of hydrogen-bond acceptors (Lipinski definition) is 3. The molecule has 1 N–H and O–H groups in total. The minimum Gasteiger partial charge on any atom is -0.382 e. The molecule has 0 aliphatic heterocycles. The fraction of sp³-hybridized carbons (Fsp3) is 0.280. The Hall–Kier alpha value is -4.43. The SMILES string of the molecule is CC(C)c1cc(C(C)C)c(-c2ccc3c(c2)-c2ccccc2C(=Nc2cccc4cc5ccc6cc(C(C)(C)C)cnc6c5[c-]c24)C3O)c(C(C)C)c1.[Pt]. The van der Waals surface area contributed by atoms with Crippen molar-refractivity contribution >= 4 is 43.8 Å². The maximum absolute atomic E-state index is 12.2. The van der Waals surface area contributed by atoms with E-state index in [1.807, 2.05) is 24.4 Å². The standard InChI is InChI=1S/C50H49N2O.Pt/c1-28(2)35-24-40(29(3)4)46(41(25-35)30(5)6)33-19-20-39-44(23-33)37-14-10-11-15-38(37)48(49(39)53)52-45-16-12-13-31-21-32-17-18-34-22-36(50(7,8)9)27-51-47(34)43(32)26-42(31)45;/h10-25,27-30,49,53H,1-9H3;/q-1;. The maximum atomic E-state index is 12.2. The van der Waals surface area contributed by atoms with E-state index in [2.05, 4.69) is 147 Å². The third-order valence-electron chi connectivity index (χ3n) is 11.1. The summed E-state index contributed by atoms with van der Waals surface area (Å²) in [4.78, 5) is 10.3. The van der Waals surface area contributed by atoms with E-state index >= 15 is 0 Å². The van der Waals surface area contributed by atoms with Crippen molar-refractivity contribution in [2.24, 2.45) is 4.99 Å². The van der Waals surface area contributed by atoms with E-state index < -0.39 is 6.10 Å². The normalized spacial score (nSPS) is 15.1. The van der Waals surface area contributed by atoms with Crippen LogP contribution in [0.25, 0.3) is 54.7 Å². The smallest absolute Gasteiger partial charge is 0.121 e. The van der Waals surface area contributed by atoms with Gasteiger partial charge in [0.25, 0.3) is 0 Å². The van der Waals surface area contributed by atoms with Gasteiger partial charge >= 0.3 is 0 Å². The quantitative estimate of drug-likeness (QED) is 0.106. The van der Waals surface area contributed by atoms with Gasteiger partial charge in [0.1, 0.15) is 6.10 Å². The number of aliphatic hydroxyl groups is 1. The van der Waals surface area contributed by atoms with Crippen LogP contribution in [0.1, 0.15) is 120 Å². The van der Waals surface area contributed by atoms with Gasteiger partial charge in [-0.25, -0.2) is 0 Å². The van der Waals surface area contributed by atoms with Crippen LogP contribution in [0.15, 0.2) is 108 Å². The molecule has 1 heterocycles. The summed E-state index contributed by atoms with van der Waals surface area (Å²) >= 11 is 0. The van der Waals surface area contributed by atoms with E-state index in [9.17, 15) is 5.11 Å². The number of nitrogens with zero attached hydrogens (tertiary/aromatic N) is 2. The summed E-state index contributed by atoms with van der Waals surface area (Å²) in [5.41, 5.74) is 14.2. The molecule has 54 heavy (non-hydrogen) atoms. The van der Waals surface area contributed by atoms with Gasteiger partial charge in [-0.1, -0.05) is 169 Å². The first-order chi connectivity index (χ1) is 25.3. The Morgan fingerprint density at radius 3 is 2.00 bits per heavy atom. The number of pyridine rings is 1. The molecule has 0 saturated carbocycles. The fourth-order valence-corrected chi connectivity index (χ4v) is 8.04. The van der Waals surface area contributed by atoms with Gasteiger partial charge in [-0.3, -0.25) is 9.98 Å². The largest absolute Gasteiger partial charge is 0.382 e. The van der Waals surface area contributed by atoms with Gasteiger partial charge in [-0.05, 0) is 84.7 Å².